The lowest BCUT2D eigenvalue weighted by Gasteiger charge is -2.41. The molecular weight excluding hydrogens is 270 g/mol. The molecule has 2 heterocycles. The predicted molar refractivity (Wildman–Crippen MR) is 86.5 cm³/mol. The first-order valence-electron chi connectivity index (χ1n) is 7.69. The van der Waals surface area contributed by atoms with Gasteiger partial charge in [0.2, 0.25) is 0 Å². The van der Waals surface area contributed by atoms with Crippen LogP contribution in [-0.4, -0.2) is 25.1 Å². The lowest BCUT2D eigenvalue weighted by molar-refractivity contribution is 0.199. The first-order chi connectivity index (χ1) is 9.64. The highest BCUT2D eigenvalue weighted by atomic mass is 35.5. The fourth-order valence-corrected chi connectivity index (χ4v) is 3.28. The molecule has 0 amide bonds. The third-order valence-electron chi connectivity index (χ3n) is 4.90. The largest absolute Gasteiger partial charge is 0.357 e. The third kappa shape index (κ3) is 3.26. The van der Waals surface area contributed by atoms with Crippen LogP contribution in [0.3, 0.4) is 0 Å². The van der Waals surface area contributed by atoms with Crippen LogP contribution in [-0.2, 0) is 6.54 Å². The van der Waals surface area contributed by atoms with Crippen molar-refractivity contribution in [2.75, 3.05) is 25.0 Å². The Morgan fingerprint density at radius 2 is 1.90 bits per heavy atom. The van der Waals surface area contributed by atoms with Gasteiger partial charge in [0, 0.05) is 19.6 Å². The van der Waals surface area contributed by atoms with Gasteiger partial charge in [0.15, 0.2) is 0 Å². The van der Waals surface area contributed by atoms with E-state index >= 15 is 0 Å². The molecule has 1 aliphatic rings. The average Bonchev–Trinajstić information content (AvgIpc) is 2.50. The summed E-state index contributed by atoms with van der Waals surface area (Å²) in [6.07, 6.45) is 5.12. The van der Waals surface area contributed by atoms with Gasteiger partial charge in [0.05, 0.1) is 10.7 Å². The molecule has 1 aliphatic heterocycles. The number of pyridine rings is 1. The minimum atomic E-state index is 0.552. The lowest BCUT2D eigenvalue weighted by atomic mass is 9.74. The van der Waals surface area contributed by atoms with Gasteiger partial charge in [0.25, 0.3) is 0 Å². The van der Waals surface area contributed by atoms with Crippen LogP contribution in [0, 0.1) is 5.41 Å². The second-order valence-electron chi connectivity index (χ2n) is 5.82. The van der Waals surface area contributed by atoms with Crippen molar-refractivity contribution < 1.29 is 0 Å². The molecule has 1 aromatic rings. The maximum absolute atomic E-state index is 6.18. The smallest absolute Gasteiger partial charge is 0.128 e. The summed E-state index contributed by atoms with van der Waals surface area (Å²) < 4.78 is 0. The summed E-state index contributed by atoms with van der Waals surface area (Å²) in [7, 11) is 1.92. The summed E-state index contributed by atoms with van der Waals surface area (Å²) in [6, 6.07) is 4.02. The van der Waals surface area contributed by atoms with Crippen LogP contribution < -0.4 is 10.2 Å². The molecule has 1 aromatic heterocycles. The maximum atomic E-state index is 6.18. The predicted octanol–water partition coefficient (Wildman–Crippen LogP) is 3.86. The molecular formula is C16H26ClN3. The van der Waals surface area contributed by atoms with Crippen molar-refractivity contribution in [3.63, 3.8) is 0 Å². The van der Waals surface area contributed by atoms with Gasteiger partial charge in [-0.25, -0.2) is 4.98 Å². The minimum absolute atomic E-state index is 0.552. The molecule has 0 bridgehead atoms. The lowest BCUT2D eigenvalue weighted by Crippen LogP contribution is -2.40. The average molecular weight is 296 g/mol. The number of nitrogens with one attached hydrogen (secondary N) is 1. The Morgan fingerprint density at radius 3 is 2.45 bits per heavy atom. The number of halogens is 1. The van der Waals surface area contributed by atoms with E-state index in [4.69, 9.17) is 16.6 Å². The second kappa shape index (κ2) is 6.77. The quantitative estimate of drug-likeness (QED) is 0.894. The SMILES string of the molecule is CCC1(CC)CCN(c2ccc(Cl)c(CNC)n2)CC1. The highest BCUT2D eigenvalue weighted by Gasteiger charge is 2.31. The van der Waals surface area contributed by atoms with Crippen molar-refractivity contribution >= 4 is 17.4 Å². The molecule has 3 nitrogen and oxygen atoms in total. The number of nitrogens with zero attached hydrogens (tertiary/aromatic N) is 2. The van der Waals surface area contributed by atoms with E-state index in [0.717, 1.165) is 29.6 Å². The zero-order valence-electron chi connectivity index (χ0n) is 12.9. The Labute approximate surface area is 127 Å². The van der Waals surface area contributed by atoms with Crippen LogP contribution >= 0.6 is 11.6 Å². The number of hydrogen-bond donors (Lipinski definition) is 1. The molecule has 112 valence electrons. The van der Waals surface area contributed by atoms with E-state index in [-0.39, 0.29) is 0 Å². The van der Waals surface area contributed by atoms with Crippen molar-refractivity contribution in [2.24, 2.45) is 5.41 Å². The number of piperidine rings is 1. The van der Waals surface area contributed by atoms with E-state index < -0.39 is 0 Å². The normalized spacial score (nSPS) is 18.3. The van der Waals surface area contributed by atoms with Crippen molar-refractivity contribution in [1.82, 2.24) is 10.3 Å². The fourth-order valence-electron chi connectivity index (χ4n) is 3.11. The maximum Gasteiger partial charge on any atom is 0.128 e. The molecule has 1 fully saturated rings. The first-order valence-corrected chi connectivity index (χ1v) is 8.07. The Balaban J connectivity index is 2.09. The van der Waals surface area contributed by atoms with Crippen molar-refractivity contribution in [2.45, 2.75) is 46.1 Å². The molecule has 0 aliphatic carbocycles. The molecule has 0 saturated carbocycles. The van der Waals surface area contributed by atoms with Gasteiger partial charge in [-0.3, -0.25) is 0 Å². The molecule has 0 spiro atoms. The van der Waals surface area contributed by atoms with Crippen molar-refractivity contribution in [1.29, 1.82) is 0 Å². The van der Waals surface area contributed by atoms with Crippen LogP contribution in [0.15, 0.2) is 12.1 Å². The molecule has 0 unspecified atom stereocenters. The van der Waals surface area contributed by atoms with Crippen LogP contribution in [0.25, 0.3) is 0 Å². The summed E-state index contributed by atoms with van der Waals surface area (Å²) in [4.78, 5) is 7.12. The van der Waals surface area contributed by atoms with Gasteiger partial charge < -0.3 is 10.2 Å². The minimum Gasteiger partial charge on any atom is -0.357 e. The molecule has 0 radical (unpaired) electrons. The van der Waals surface area contributed by atoms with Gasteiger partial charge in [-0.15, -0.1) is 0 Å². The van der Waals surface area contributed by atoms with Crippen molar-refractivity contribution in [3.05, 3.63) is 22.8 Å². The Bertz CT molecular complexity index is 433. The van der Waals surface area contributed by atoms with E-state index in [2.05, 4.69) is 24.1 Å². The van der Waals surface area contributed by atoms with Gasteiger partial charge in [-0.2, -0.15) is 0 Å². The number of aromatic nitrogens is 1. The molecule has 2 rings (SSSR count). The molecule has 0 aromatic carbocycles. The van der Waals surface area contributed by atoms with Gasteiger partial charge in [0.1, 0.15) is 5.82 Å². The summed E-state index contributed by atoms with van der Waals surface area (Å²) in [5.41, 5.74) is 1.49. The summed E-state index contributed by atoms with van der Waals surface area (Å²) in [6.45, 7) is 7.58. The summed E-state index contributed by atoms with van der Waals surface area (Å²) in [5, 5.41) is 3.87. The van der Waals surface area contributed by atoms with E-state index in [1.54, 1.807) is 0 Å². The number of rotatable bonds is 5. The Hall–Kier alpha value is -0.800. The molecule has 20 heavy (non-hydrogen) atoms. The second-order valence-corrected chi connectivity index (χ2v) is 6.23. The van der Waals surface area contributed by atoms with Crippen molar-refractivity contribution in [3.8, 4) is 0 Å². The molecule has 1 N–H and O–H groups in total. The van der Waals surface area contributed by atoms with E-state index in [0.29, 0.717) is 12.0 Å². The van der Waals surface area contributed by atoms with Gasteiger partial charge >= 0.3 is 0 Å². The molecule has 4 heteroatoms. The summed E-state index contributed by atoms with van der Waals surface area (Å²) >= 11 is 6.18. The molecule has 0 atom stereocenters. The van der Waals surface area contributed by atoms with E-state index in [1.165, 1.54) is 25.7 Å². The van der Waals surface area contributed by atoms with Gasteiger partial charge in [-0.05, 0) is 37.4 Å². The fraction of sp³-hybridized carbons (Fsp3) is 0.688. The van der Waals surface area contributed by atoms with Crippen LogP contribution in [0.1, 0.15) is 45.2 Å². The van der Waals surface area contributed by atoms with E-state index in [9.17, 15) is 0 Å². The number of anilines is 1. The van der Waals surface area contributed by atoms with Crippen LogP contribution in [0.2, 0.25) is 5.02 Å². The van der Waals surface area contributed by atoms with E-state index in [1.807, 2.05) is 19.2 Å². The zero-order valence-corrected chi connectivity index (χ0v) is 13.6. The highest BCUT2D eigenvalue weighted by Crippen LogP contribution is 2.38. The Kier molecular flexibility index (Phi) is 5.28. The topological polar surface area (TPSA) is 28.2 Å². The summed E-state index contributed by atoms with van der Waals surface area (Å²) in [5.74, 6) is 1.07. The number of hydrogen-bond acceptors (Lipinski definition) is 3. The first kappa shape index (κ1) is 15.6. The Morgan fingerprint density at radius 1 is 1.25 bits per heavy atom. The van der Waals surface area contributed by atoms with Crippen LogP contribution in [0.4, 0.5) is 5.82 Å². The standard InChI is InChI=1S/C16H26ClN3/c1-4-16(5-2)8-10-20(11-9-16)15-7-6-13(17)14(19-15)12-18-3/h6-7,18H,4-5,8-12H2,1-3H3. The van der Waals surface area contributed by atoms with Gasteiger partial charge in [-0.1, -0.05) is 38.3 Å². The zero-order chi connectivity index (χ0) is 14.6. The highest BCUT2D eigenvalue weighted by molar-refractivity contribution is 6.31. The third-order valence-corrected chi connectivity index (χ3v) is 5.24. The molecule has 1 saturated heterocycles. The monoisotopic (exact) mass is 295 g/mol. The van der Waals surface area contributed by atoms with Crippen LogP contribution in [0.5, 0.6) is 0 Å².